The van der Waals surface area contributed by atoms with Crippen molar-refractivity contribution in [3.63, 3.8) is 0 Å². The first-order chi connectivity index (χ1) is 18.1. The van der Waals surface area contributed by atoms with E-state index in [0.717, 1.165) is 41.0 Å². The molecule has 11 heteroatoms. The number of nitrogens with one attached hydrogen (secondary N) is 2. The van der Waals surface area contributed by atoms with Crippen LogP contribution in [0, 0.1) is 0 Å². The van der Waals surface area contributed by atoms with Crippen molar-refractivity contribution in [3.05, 3.63) is 54.6 Å². The predicted molar refractivity (Wildman–Crippen MR) is 145 cm³/mol. The lowest BCUT2D eigenvalue weighted by Gasteiger charge is -2.14. The van der Waals surface area contributed by atoms with Gasteiger partial charge in [-0.25, -0.2) is 19.7 Å². The van der Waals surface area contributed by atoms with Gasteiger partial charge in [-0.1, -0.05) is 13.5 Å². The van der Waals surface area contributed by atoms with Crippen LogP contribution in [0.15, 0.2) is 48.9 Å². The van der Waals surface area contributed by atoms with Gasteiger partial charge in [-0.15, -0.1) is 0 Å². The Labute approximate surface area is 221 Å². The van der Waals surface area contributed by atoms with Crippen LogP contribution in [0.1, 0.15) is 20.0 Å². The molecular weight excluding hydrogens is 486 g/mol. The number of amides is 1. The molecule has 4 heterocycles. The summed E-state index contributed by atoms with van der Waals surface area (Å²) in [7, 11) is 3.43. The van der Waals surface area contributed by atoms with Crippen LogP contribution in [0.4, 0.5) is 10.7 Å². The highest BCUT2D eigenvalue weighted by Gasteiger charge is 2.32. The summed E-state index contributed by atoms with van der Waals surface area (Å²) in [4.78, 5) is 35.4. The molecule has 0 saturated carbocycles. The first kappa shape index (κ1) is 27.1. The summed E-state index contributed by atoms with van der Waals surface area (Å²) >= 11 is 0. The van der Waals surface area contributed by atoms with E-state index in [4.69, 9.17) is 19.2 Å². The molecule has 0 unspecified atom stereocenters. The molecule has 1 aliphatic heterocycles. The van der Waals surface area contributed by atoms with Crippen molar-refractivity contribution >= 4 is 23.1 Å². The van der Waals surface area contributed by atoms with Gasteiger partial charge < -0.3 is 19.2 Å². The Morgan fingerprint density at radius 3 is 2.45 bits per heavy atom. The van der Waals surface area contributed by atoms with Crippen molar-refractivity contribution in [2.45, 2.75) is 33.1 Å². The number of benzene rings is 1. The van der Waals surface area contributed by atoms with Gasteiger partial charge in [-0.05, 0) is 36.8 Å². The summed E-state index contributed by atoms with van der Waals surface area (Å²) in [6, 6.07) is 9.78. The van der Waals surface area contributed by atoms with Gasteiger partial charge >= 0.3 is 6.09 Å². The molecule has 0 aliphatic carbocycles. The van der Waals surface area contributed by atoms with Gasteiger partial charge in [0.1, 0.15) is 5.52 Å². The SMILES string of the molecule is C.CCOC(=O)Nc1nc2c(-c3ncccn3)cc(-c3ccc(CN4C[C@@H](OC)[C@H](OC)C4)nc3)cc2[nH]1. The molecule has 200 valence electrons. The fourth-order valence-corrected chi connectivity index (χ4v) is 4.53. The van der Waals surface area contributed by atoms with E-state index in [1.165, 1.54) is 0 Å². The first-order valence-corrected chi connectivity index (χ1v) is 12.1. The zero-order valence-corrected chi connectivity index (χ0v) is 21.0. The molecule has 0 spiro atoms. The number of aromatic nitrogens is 5. The molecule has 11 nitrogen and oxygen atoms in total. The van der Waals surface area contributed by atoms with E-state index in [0.29, 0.717) is 17.9 Å². The van der Waals surface area contributed by atoms with Gasteiger partial charge in [0.05, 0.1) is 30.0 Å². The van der Waals surface area contributed by atoms with Crippen LogP contribution in [-0.2, 0) is 20.8 Å². The number of likely N-dealkylation sites (tertiary alicyclic amines) is 1. The Morgan fingerprint density at radius 1 is 1.08 bits per heavy atom. The number of H-pyrrole nitrogens is 1. The highest BCUT2D eigenvalue weighted by atomic mass is 16.5. The minimum absolute atomic E-state index is 0. The Morgan fingerprint density at radius 2 is 1.82 bits per heavy atom. The Hall–Kier alpha value is -3.93. The topological polar surface area (TPSA) is 127 Å². The van der Waals surface area contributed by atoms with Crippen LogP contribution < -0.4 is 5.32 Å². The van der Waals surface area contributed by atoms with E-state index >= 15 is 0 Å². The second kappa shape index (κ2) is 12.1. The fourth-order valence-electron chi connectivity index (χ4n) is 4.53. The Bertz CT molecular complexity index is 1350. The summed E-state index contributed by atoms with van der Waals surface area (Å²) < 4.78 is 16.1. The number of nitrogens with zero attached hydrogens (tertiary/aromatic N) is 5. The van der Waals surface area contributed by atoms with E-state index in [2.05, 4.69) is 30.2 Å². The molecular formula is C27H33N7O4. The number of carbonyl (C=O) groups excluding carboxylic acids is 1. The summed E-state index contributed by atoms with van der Waals surface area (Å²) in [5.41, 5.74) is 4.91. The zero-order valence-electron chi connectivity index (χ0n) is 21.0. The van der Waals surface area contributed by atoms with E-state index in [1.54, 1.807) is 39.6 Å². The van der Waals surface area contributed by atoms with Gasteiger partial charge in [0, 0.05) is 63.6 Å². The van der Waals surface area contributed by atoms with Crippen molar-refractivity contribution in [1.29, 1.82) is 0 Å². The number of anilines is 1. The van der Waals surface area contributed by atoms with Crippen LogP contribution >= 0.6 is 0 Å². The van der Waals surface area contributed by atoms with Gasteiger partial charge in [0.25, 0.3) is 0 Å². The third kappa shape index (κ3) is 5.80. The average molecular weight is 520 g/mol. The molecule has 1 aromatic carbocycles. The summed E-state index contributed by atoms with van der Waals surface area (Å²) in [5, 5.41) is 2.62. The molecule has 1 saturated heterocycles. The van der Waals surface area contributed by atoms with E-state index in [9.17, 15) is 4.79 Å². The molecule has 1 aliphatic rings. The quantitative estimate of drug-likeness (QED) is 0.353. The molecule has 0 radical (unpaired) electrons. The number of hydrogen-bond acceptors (Lipinski definition) is 9. The second-order valence-electron chi connectivity index (χ2n) is 8.70. The maximum absolute atomic E-state index is 11.9. The largest absolute Gasteiger partial charge is 0.450 e. The number of aromatic amines is 1. The van der Waals surface area contributed by atoms with E-state index in [-0.39, 0.29) is 32.2 Å². The zero-order chi connectivity index (χ0) is 25.8. The maximum Gasteiger partial charge on any atom is 0.413 e. The maximum atomic E-state index is 11.9. The van der Waals surface area contributed by atoms with Crippen LogP contribution in [0.2, 0.25) is 0 Å². The van der Waals surface area contributed by atoms with Crippen LogP contribution in [0.25, 0.3) is 33.5 Å². The lowest BCUT2D eigenvalue weighted by atomic mass is 10.0. The van der Waals surface area contributed by atoms with Crippen molar-refractivity contribution in [2.75, 3.05) is 39.2 Å². The third-order valence-corrected chi connectivity index (χ3v) is 6.33. The highest BCUT2D eigenvalue weighted by Crippen LogP contribution is 2.32. The normalized spacial score (nSPS) is 17.3. The van der Waals surface area contributed by atoms with Crippen LogP contribution in [-0.4, -0.2) is 82.0 Å². The van der Waals surface area contributed by atoms with Crippen molar-refractivity contribution in [1.82, 2.24) is 29.8 Å². The van der Waals surface area contributed by atoms with E-state index in [1.807, 2.05) is 30.5 Å². The molecule has 1 amide bonds. The summed E-state index contributed by atoms with van der Waals surface area (Å²) in [5.74, 6) is 0.813. The summed E-state index contributed by atoms with van der Waals surface area (Å²) in [6.07, 6.45) is 4.77. The summed E-state index contributed by atoms with van der Waals surface area (Å²) in [6.45, 7) is 4.33. The number of imidazole rings is 1. The predicted octanol–water partition coefficient (Wildman–Crippen LogP) is 4.13. The van der Waals surface area contributed by atoms with Gasteiger partial charge in [0.2, 0.25) is 5.95 Å². The smallest absolute Gasteiger partial charge is 0.413 e. The minimum atomic E-state index is -0.578. The van der Waals surface area contributed by atoms with Crippen LogP contribution in [0.3, 0.4) is 0 Å². The van der Waals surface area contributed by atoms with Gasteiger partial charge in [0.15, 0.2) is 5.82 Å². The number of rotatable bonds is 8. The highest BCUT2D eigenvalue weighted by molar-refractivity contribution is 5.96. The average Bonchev–Trinajstić information content (AvgIpc) is 3.51. The molecule has 1 fully saturated rings. The van der Waals surface area contributed by atoms with Crippen molar-refractivity contribution < 1.29 is 19.0 Å². The molecule has 2 atom stereocenters. The van der Waals surface area contributed by atoms with Gasteiger partial charge in [-0.2, -0.15) is 0 Å². The van der Waals surface area contributed by atoms with E-state index < -0.39 is 6.09 Å². The molecule has 2 N–H and O–H groups in total. The lowest BCUT2D eigenvalue weighted by Crippen LogP contribution is -2.27. The number of hydrogen-bond donors (Lipinski definition) is 2. The van der Waals surface area contributed by atoms with Crippen LogP contribution in [0.5, 0.6) is 0 Å². The Kier molecular flexibility index (Phi) is 8.62. The van der Waals surface area contributed by atoms with Gasteiger partial charge in [-0.3, -0.25) is 15.2 Å². The number of methoxy groups -OCH3 is 2. The second-order valence-corrected chi connectivity index (χ2v) is 8.70. The monoisotopic (exact) mass is 519 g/mol. The number of carbonyl (C=O) groups is 1. The first-order valence-electron chi connectivity index (χ1n) is 12.1. The molecule has 5 rings (SSSR count). The van der Waals surface area contributed by atoms with Crippen molar-refractivity contribution in [2.24, 2.45) is 0 Å². The molecule has 0 bridgehead atoms. The third-order valence-electron chi connectivity index (χ3n) is 6.33. The number of fused-ring (bicyclic) bond motifs is 1. The van der Waals surface area contributed by atoms with Crippen molar-refractivity contribution in [3.8, 4) is 22.5 Å². The number of ether oxygens (including phenoxy) is 3. The molecule has 4 aromatic rings. The lowest BCUT2D eigenvalue weighted by molar-refractivity contribution is -0.00461. The standard InChI is InChI=1S/C26H29N7O4.CH4/c1-4-37-26(34)32-25-30-20-11-17(10-19(23(20)31-25)24-27-8-5-9-28-24)16-6-7-18(29-12-16)13-33-14-21(35-2)22(15-33)36-3;/h5-12,21-22H,4,13-15H2,1-3H3,(H2,30,31,32,34);1H4/t21-,22-;/m1./s1. The molecule has 38 heavy (non-hydrogen) atoms. The number of pyridine rings is 1. The minimum Gasteiger partial charge on any atom is -0.450 e. The fraction of sp³-hybridized carbons (Fsp3) is 0.370. The Balaban J connectivity index is 0.00000336. The molecule has 3 aromatic heterocycles.